The van der Waals surface area contributed by atoms with Crippen LogP contribution in [-0.2, 0) is 5.88 Å². The average Bonchev–Trinajstić information content (AvgIpc) is 2.85. The Kier molecular flexibility index (Phi) is 3.45. The van der Waals surface area contributed by atoms with Gasteiger partial charge in [0.25, 0.3) is 0 Å². The van der Waals surface area contributed by atoms with Gasteiger partial charge in [0.1, 0.15) is 17.2 Å². The monoisotopic (exact) mass is 302 g/mol. The summed E-state index contributed by atoms with van der Waals surface area (Å²) in [7, 11) is 0. The summed E-state index contributed by atoms with van der Waals surface area (Å²) in [6.07, 6.45) is -1.16. The minimum atomic E-state index is -1.16. The summed E-state index contributed by atoms with van der Waals surface area (Å²) in [5, 5.41) is 11.0. The Balaban J connectivity index is 2.22. The first-order valence-corrected chi connectivity index (χ1v) is 6.72. The molecule has 1 aromatic carbocycles. The smallest absolute Gasteiger partial charge is 0.410 e. The largest absolute Gasteiger partial charge is 0.465 e. The molecule has 0 unspecified atom stereocenters. The SMILES string of the molecule is O=C(O)Nc1ccc2nc(CCl)n(-c3ccccc3)c2n1. The predicted molar refractivity (Wildman–Crippen MR) is 80.1 cm³/mol. The van der Waals surface area contributed by atoms with Crippen molar-refractivity contribution < 1.29 is 9.90 Å². The van der Waals surface area contributed by atoms with E-state index < -0.39 is 6.09 Å². The Labute approximate surface area is 125 Å². The van der Waals surface area contributed by atoms with Gasteiger partial charge in [-0.1, -0.05) is 18.2 Å². The molecule has 0 aliphatic carbocycles. The molecule has 106 valence electrons. The molecule has 21 heavy (non-hydrogen) atoms. The van der Waals surface area contributed by atoms with Crippen LogP contribution in [0.2, 0.25) is 0 Å². The Bertz CT molecular complexity index is 801. The molecule has 0 radical (unpaired) electrons. The summed E-state index contributed by atoms with van der Waals surface area (Å²) in [6.45, 7) is 0. The lowest BCUT2D eigenvalue weighted by molar-refractivity contribution is 0.209. The lowest BCUT2D eigenvalue weighted by Gasteiger charge is -2.07. The number of aromatic nitrogens is 3. The van der Waals surface area contributed by atoms with E-state index in [1.807, 2.05) is 34.9 Å². The summed E-state index contributed by atoms with van der Waals surface area (Å²) in [4.78, 5) is 19.5. The quantitative estimate of drug-likeness (QED) is 0.728. The fraction of sp³-hybridized carbons (Fsp3) is 0.0714. The minimum Gasteiger partial charge on any atom is -0.465 e. The highest BCUT2D eigenvalue weighted by Gasteiger charge is 2.14. The van der Waals surface area contributed by atoms with Gasteiger partial charge < -0.3 is 5.11 Å². The van der Waals surface area contributed by atoms with Gasteiger partial charge in [-0.3, -0.25) is 9.88 Å². The first-order valence-electron chi connectivity index (χ1n) is 6.19. The van der Waals surface area contributed by atoms with E-state index in [2.05, 4.69) is 15.3 Å². The Morgan fingerprint density at radius 2 is 1.95 bits per heavy atom. The number of para-hydroxylation sites is 1. The van der Waals surface area contributed by atoms with Crippen LogP contribution in [0.15, 0.2) is 42.5 Å². The topological polar surface area (TPSA) is 80.0 Å². The molecule has 0 spiro atoms. The van der Waals surface area contributed by atoms with Crippen LogP contribution < -0.4 is 5.32 Å². The normalized spacial score (nSPS) is 10.7. The number of halogens is 1. The number of alkyl halides is 1. The summed E-state index contributed by atoms with van der Waals surface area (Å²) in [6, 6.07) is 12.8. The molecule has 7 heteroatoms. The van der Waals surface area contributed by atoms with Crippen molar-refractivity contribution in [1.82, 2.24) is 14.5 Å². The summed E-state index contributed by atoms with van der Waals surface area (Å²) in [5.41, 5.74) is 2.09. The number of pyridine rings is 1. The van der Waals surface area contributed by atoms with Crippen molar-refractivity contribution in [3.63, 3.8) is 0 Å². The van der Waals surface area contributed by atoms with Crippen LogP contribution in [0.4, 0.5) is 10.6 Å². The highest BCUT2D eigenvalue weighted by atomic mass is 35.5. The Hall–Kier alpha value is -2.60. The van der Waals surface area contributed by atoms with E-state index in [1.165, 1.54) is 0 Å². The lowest BCUT2D eigenvalue weighted by atomic mass is 10.3. The molecule has 0 aliphatic rings. The van der Waals surface area contributed by atoms with Crippen molar-refractivity contribution in [2.24, 2.45) is 0 Å². The number of carbonyl (C=O) groups is 1. The predicted octanol–water partition coefficient (Wildman–Crippen LogP) is 3.25. The first-order chi connectivity index (χ1) is 10.2. The number of fused-ring (bicyclic) bond motifs is 1. The van der Waals surface area contributed by atoms with Gasteiger partial charge in [-0.15, -0.1) is 11.6 Å². The van der Waals surface area contributed by atoms with Crippen LogP contribution in [0.5, 0.6) is 0 Å². The third kappa shape index (κ3) is 2.53. The second-order valence-electron chi connectivity index (χ2n) is 4.30. The fourth-order valence-electron chi connectivity index (χ4n) is 2.12. The molecule has 0 saturated heterocycles. The maximum absolute atomic E-state index is 10.7. The van der Waals surface area contributed by atoms with E-state index in [4.69, 9.17) is 16.7 Å². The number of anilines is 1. The highest BCUT2D eigenvalue weighted by Crippen LogP contribution is 2.22. The Morgan fingerprint density at radius 1 is 1.19 bits per heavy atom. The van der Waals surface area contributed by atoms with Crippen LogP contribution in [0.1, 0.15) is 5.82 Å². The van der Waals surface area contributed by atoms with Crippen molar-refractivity contribution >= 4 is 34.7 Å². The molecule has 2 aromatic heterocycles. The zero-order valence-corrected chi connectivity index (χ0v) is 11.6. The van der Waals surface area contributed by atoms with Gasteiger partial charge in [0, 0.05) is 5.69 Å². The molecule has 0 saturated carbocycles. The summed E-state index contributed by atoms with van der Waals surface area (Å²) < 4.78 is 1.81. The molecule has 0 fully saturated rings. The van der Waals surface area contributed by atoms with Crippen LogP contribution in [-0.4, -0.2) is 25.7 Å². The van der Waals surface area contributed by atoms with Gasteiger partial charge in [-0.25, -0.2) is 14.8 Å². The number of imidazole rings is 1. The van der Waals surface area contributed by atoms with Gasteiger partial charge in [0.15, 0.2) is 5.65 Å². The van der Waals surface area contributed by atoms with Crippen LogP contribution >= 0.6 is 11.6 Å². The molecular formula is C14H11ClN4O2. The van der Waals surface area contributed by atoms with Crippen LogP contribution in [0, 0.1) is 0 Å². The van der Waals surface area contributed by atoms with E-state index in [0.717, 1.165) is 5.69 Å². The van der Waals surface area contributed by atoms with E-state index in [9.17, 15) is 4.79 Å². The summed E-state index contributed by atoms with van der Waals surface area (Å²) >= 11 is 5.96. The van der Waals surface area contributed by atoms with Crippen molar-refractivity contribution in [1.29, 1.82) is 0 Å². The molecule has 0 bridgehead atoms. The molecule has 2 heterocycles. The van der Waals surface area contributed by atoms with Crippen molar-refractivity contribution in [2.75, 3.05) is 5.32 Å². The number of amides is 1. The molecule has 1 amide bonds. The number of hydrogen-bond acceptors (Lipinski definition) is 3. The van der Waals surface area contributed by atoms with Crippen molar-refractivity contribution in [2.45, 2.75) is 5.88 Å². The second-order valence-corrected chi connectivity index (χ2v) is 4.57. The highest BCUT2D eigenvalue weighted by molar-refractivity contribution is 6.17. The number of nitrogens with zero attached hydrogens (tertiary/aromatic N) is 3. The minimum absolute atomic E-state index is 0.229. The van der Waals surface area contributed by atoms with E-state index >= 15 is 0 Å². The third-order valence-electron chi connectivity index (χ3n) is 2.94. The zero-order valence-electron chi connectivity index (χ0n) is 10.8. The fourth-order valence-corrected chi connectivity index (χ4v) is 2.30. The molecular weight excluding hydrogens is 292 g/mol. The maximum Gasteiger partial charge on any atom is 0.410 e. The maximum atomic E-state index is 10.7. The number of rotatable bonds is 3. The van der Waals surface area contributed by atoms with Gasteiger partial charge >= 0.3 is 6.09 Å². The lowest BCUT2D eigenvalue weighted by Crippen LogP contribution is -2.09. The third-order valence-corrected chi connectivity index (χ3v) is 3.18. The number of nitrogens with one attached hydrogen (secondary N) is 1. The first kappa shape index (κ1) is 13.4. The van der Waals surface area contributed by atoms with Crippen LogP contribution in [0.3, 0.4) is 0 Å². The molecule has 3 rings (SSSR count). The second kappa shape index (κ2) is 5.41. The number of benzene rings is 1. The van der Waals surface area contributed by atoms with Crippen molar-refractivity contribution in [3.05, 3.63) is 48.3 Å². The van der Waals surface area contributed by atoms with Gasteiger partial charge in [-0.2, -0.15) is 0 Å². The van der Waals surface area contributed by atoms with Gasteiger partial charge in [0.05, 0.1) is 5.88 Å². The van der Waals surface area contributed by atoms with Gasteiger partial charge in [0.2, 0.25) is 0 Å². The number of hydrogen-bond donors (Lipinski definition) is 2. The average molecular weight is 303 g/mol. The summed E-state index contributed by atoms with van der Waals surface area (Å²) in [5.74, 6) is 1.12. The molecule has 0 aliphatic heterocycles. The molecule has 0 atom stereocenters. The Morgan fingerprint density at radius 3 is 2.62 bits per heavy atom. The molecule has 3 aromatic rings. The zero-order chi connectivity index (χ0) is 14.8. The molecule has 2 N–H and O–H groups in total. The standard InChI is InChI=1S/C14H11ClN4O2/c15-8-12-16-10-6-7-11(18-14(20)21)17-13(10)19(12)9-4-2-1-3-5-9/h1-7H,8H2,(H,17,18)(H,20,21). The number of carboxylic acid groups (broad SMARTS) is 1. The van der Waals surface area contributed by atoms with E-state index in [1.54, 1.807) is 12.1 Å². The molecule has 6 nitrogen and oxygen atoms in total. The van der Waals surface area contributed by atoms with Crippen LogP contribution in [0.25, 0.3) is 16.9 Å². The van der Waals surface area contributed by atoms with Gasteiger partial charge in [-0.05, 0) is 24.3 Å². The van der Waals surface area contributed by atoms with E-state index in [-0.39, 0.29) is 11.7 Å². The van der Waals surface area contributed by atoms with Crippen molar-refractivity contribution in [3.8, 4) is 5.69 Å². The van der Waals surface area contributed by atoms with E-state index in [0.29, 0.717) is 17.0 Å².